The maximum atomic E-state index is 13.2. The van der Waals surface area contributed by atoms with Crippen LogP contribution < -0.4 is 9.62 Å². The first kappa shape index (κ1) is 21.6. The molecule has 0 spiro atoms. The number of thiophene rings is 1. The number of anilines is 2. The summed E-state index contributed by atoms with van der Waals surface area (Å²) in [7, 11) is -1.68. The molecule has 2 aliphatic heterocycles. The highest BCUT2D eigenvalue weighted by atomic mass is 32.2. The summed E-state index contributed by atoms with van der Waals surface area (Å²) < 4.78 is 27.8. The predicted molar refractivity (Wildman–Crippen MR) is 128 cm³/mol. The second kappa shape index (κ2) is 8.30. The zero-order valence-electron chi connectivity index (χ0n) is 18.0. The highest BCUT2D eigenvalue weighted by molar-refractivity contribution is 7.92. The molecule has 0 atom stereocenters. The second-order valence-corrected chi connectivity index (χ2v) is 11.2. The summed E-state index contributed by atoms with van der Waals surface area (Å²) in [5.74, 6) is -0.367. The van der Waals surface area contributed by atoms with E-state index in [2.05, 4.69) is 16.3 Å². The van der Waals surface area contributed by atoms with E-state index in [1.165, 1.54) is 39.9 Å². The number of rotatable bonds is 4. The number of likely N-dealkylation sites (N-methyl/N-ethyl adjacent to an activating group) is 1. The van der Waals surface area contributed by atoms with Gasteiger partial charge in [0.25, 0.3) is 15.9 Å². The molecule has 3 heterocycles. The van der Waals surface area contributed by atoms with E-state index in [1.54, 1.807) is 0 Å². The van der Waals surface area contributed by atoms with Gasteiger partial charge in [-0.05, 0) is 61.3 Å². The van der Waals surface area contributed by atoms with Crippen LogP contribution in [0.5, 0.6) is 0 Å². The molecule has 1 N–H and O–H groups in total. The molecule has 0 saturated heterocycles. The van der Waals surface area contributed by atoms with Crippen molar-refractivity contribution < 1.29 is 13.2 Å². The molecule has 7 nitrogen and oxygen atoms in total. The Morgan fingerprint density at radius 2 is 1.85 bits per heavy atom. The average molecular weight is 479 g/mol. The zero-order valence-corrected chi connectivity index (χ0v) is 19.7. The maximum Gasteiger partial charge on any atom is 0.264 e. The Hall–Kier alpha value is -3.19. The molecular formula is C24H22N4O3S2. The van der Waals surface area contributed by atoms with Gasteiger partial charge in [0.1, 0.15) is 11.1 Å². The molecule has 168 valence electrons. The molecule has 0 radical (unpaired) electrons. The number of amides is 1. The SMILES string of the molecule is CN1CCc2c(sc(NC(=O)c3ccc(S(=O)(=O)N4CCc5ccccc54)cc3)c2C#N)C1. The highest BCUT2D eigenvalue weighted by Gasteiger charge is 2.31. The van der Waals surface area contributed by atoms with Crippen molar-refractivity contribution in [1.82, 2.24) is 4.90 Å². The number of nitriles is 1. The number of nitrogens with zero attached hydrogens (tertiary/aromatic N) is 3. The number of sulfonamides is 1. The Morgan fingerprint density at radius 3 is 2.61 bits per heavy atom. The normalized spacial score (nSPS) is 15.6. The Labute approximate surface area is 196 Å². The van der Waals surface area contributed by atoms with Crippen molar-refractivity contribution in [3.63, 3.8) is 0 Å². The van der Waals surface area contributed by atoms with Gasteiger partial charge in [-0.15, -0.1) is 11.3 Å². The van der Waals surface area contributed by atoms with Gasteiger partial charge in [-0.3, -0.25) is 9.10 Å². The third-order valence-electron chi connectivity index (χ3n) is 6.14. The molecule has 9 heteroatoms. The molecule has 0 aliphatic carbocycles. The fraction of sp³-hybridized carbons (Fsp3) is 0.250. The van der Waals surface area contributed by atoms with Gasteiger partial charge in [0.15, 0.2) is 0 Å². The first-order chi connectivity index (χ1) is 15.9. The molecule has 0 bridgehead atoms. The smallest absolute Gasteiger partial charge is 0.264 e. The molecule has 3 aromatic rings. The summed E-state index contributed by atoms with van der Waals surface area (Å²) in [6.45, 7) is 2.04. The quantitative estimate of drug-likeness (QED) is 0.618. The van der Waals surface area contributed by atoms with Gasteiger partial charge in [-0.2, -0.15) is 5.26 Å². The van der Waals surface area contributed by atoms with E-state index >= 15 is 0 Å². The lowest BCUT2D eigenvalue weighted by atomic mass is 10.0. The largest absolute Gasteiger partial charge is 0.312 e. The van der Waals surface area contributed by atoms with Gasteiger partial charge in [0.05, 0.1) is 16.1 Å². The molecular weight excluding hydrogens is 456 g/mol. The first-order valence-electron chi connectivity index (χ1n) is 10.6. The van der Waals surface area contributed by atoms with Crippen LogP contribution in [0, 0.1) is 11.3 Å². The Balaban J connectivity index is 1.36. The molecule has 1 amide bonds. The summed E-state index contributed by atoms with van der Waals surface area (Å²) in [4.78, 5) is 16.3. The van der Waals surface area contributed by atoms with Crippen LogP contribution in [0.2, 0.25) is 0 Å². The molecule has 1 aromatic heterocycles. The van der Waals surface area contributed by atoms with E-state index in [0.29, 0.717) is 34.8 Å². The van der Waals surface area contributed by atoms with Crippen LogP contribution in [-0.2, 0) is 29.4 Å². The van der Waals surface area contributed by atoms with E-state index in [0.717, 1.165) is 35.5 Å². The van der Waals surface area contributed by atoms with Crippen LogP contribution >= 0.6 is 11.3 Å². The monoisotopic (exact) mass is 478 g/mol. The van der Waals surface area contributed by atoms with Gasteiger partial charge in [-0.1, -0.05) is 18.2 Å². The van der Waals surface area contributed by atoms with Crippen molar-refractivity contribution in [2.24, 2.45) is 0 Å². The third kappa shape index (κ3) is 3.80. The Kier molecular flexibility index (Phi) is 5.44. The van der Waals surface area contributed by atoms with Gasteiger partial charge < -0.3 is 10.2 Å². The number of para-hydroxylation sites is 1. The van der Waals surface area contributed by atoms with Gasteiger partial charge in [0, 0.05) is 30.1 Å². The lowest BCUT2D eigenvalue weighted by Crippen LogP contribution is -2.29. The summed E-state index contributed by atoms with van der Waals surface area (Å²) in [6, 6.07) is 15.7. The van der Waals surface area contributed by atoms with Crippen LogP contribution in [0.4, 0.5) is 10.7 Å². The number of nitrogens with one attached hydrogen (secondary N) is 1. The number of benzene rings is 2. The fourth-order valence-corrected chi connectivity index (χ4v) is 7.15. The van der Waals surface area contributed by atoms with E-state index in [1.807, 2.05) is 31.3 Å². The van der Waals surface area contributed by atoms with Crippen LogP contribution in [0.1, 0.15) is 31.9 Å². The lowest BCUT2D eigenvalue weighted by molar-refractivity contribution is 0.102. The topological polar surface area (TPSA) is 93.5 Å². The number of hydrogen-bond donors (Lipinski definition) is 1. The third-order valence-corrected chi connectivity index (χ3v) is 9.10. The van der Waals surface area contributed by atoms with Gasteiger partial charge in [-0.25, -0.2) is 8.42 Å². The van der Waals surface area contributed by atoms with Crippen LogP contribution in [0.15, 0.2) is 53.4 Å². The van der Waals surface area contributed by atoms with Gasteiger partial charge in [0.2, 0.25) is 0 Å². The molecule has 0 saturated carbocycles. The summed E-state index contributed by atoms with van der Waals surface area (Å²) in [5, 5.41) is 13.0. The summed E-state index contributed by atoms with van der Waals surface area (Å²) in [5.41, 5.74) is 3.60. The van der Waals surface area contributed by atoms with Crippen molar-refractivity contribution in [1.29, 1.82) is 5.26 Å². The molecule has 0 unspecified atom stereocenters. The summed E-state index contributed by atoms with van der Waals surface area (Å²) >= 11 is 1.43. The van der Waals surface area contributed by atoms with E-state index < -0.39 is 10.0 Å². The number of carbonyl (C=O) groups excluding carboxylic acids is 1. The average Bonchev–Trinajstić information content (AvgIpc) is 3.40. The molecule has 33 heavy (non-hydrogen) atoms. The number of hydrogen-bond acceptors (Lipinski definition) is 6. The van der Waals surface area contributed by atoms with Crippen LogP contribution in [-0.4, -0.2) is 39.4 Å². The first-order valence-corrected chi connectivity index (χ1v) is 12.9. The molecule has 2 aromatic carbocycles. The van der Waals surface area contributed by atoms with Crippen molar-refractivity contribution in [2.45, 2.75) is 24.3 Å². The molecule has 0 fully saturated rings. The summed E-state index contributed by atoms with van der Waals surface area (Å²) in [6.07, 6.45) is 1.46. The van der Waals surface area contributed by atoms with Crippen molar-refractivity contribution in [2.75, 3.05) is 29.8 Å². The minimum absolute atomic E-state index is 0.142. The van der Waals surface area contributed by atoms with Crippen LogP contribution in [0.3, 0.4) is 0 Å². The van der Waals surface area contributed by atoms with Crippen molar-refractivity contribution in [3.8, 4) is 6.07 Å². The Morgan fingerprint density at radius 1 is 1.09 bits per heavy atom. The van der Waals surface area contributed by atoms with Crippen molar-refractivity contribution >= 4 is 38.0 Å². The minimum Gasteiger partial charge on any atom is -0.312 e. The van der Waals surface area contributed by atoms with Crippen LogP contribution in [0.25, 0.3) is 0 Å². The molecule has 5 rings (SSSR count). The zero-order chi connectivity index (χ0) is 23.2. The minimum atomic E-state index is -3.72. The standard InChI is InChI=1S/C24H22N4O3S2/c1-27-12-11-19-20(14-25)24(32-22(19)15-27)26-23(29)17-6-8-18(9-7-17)33(30,31)28-13-10-16-4-2-3-5-21(16)28/h2-9H,10-13,15H2,1H3,(H,26,29). The number of carbonyl (C=O) groups is 1. The highest BCUT2D eigenvalue weighted by Crippen LogP contribution is 2.37. The Bertz CT molecular complexity index is 1390. The van der Waals surface area contributed by atoms with E-state index in [9.17, 15) is 18.5 Å². The second-order valence-electron chi connectivity index (χ2n) is 8.24. The van der Waals surface area contributed by atoms with E-state index in [-0.39, 0.29) is 10.8 Å². The lowest BCUT2D eigenvalue weighted by Gasteiger charge is -2.21. The van der Waals surface area contributed by atoms with E-state index in [4.69, 9.17) is 0 Å². The van der Waals surface area contributed by atoms with Crippen molar-refractivity contribution in [3.05, 3.63) is 75.7 Å². The predicted octanol–water partition coefficient (Wildman–Crippen LogP) is 3.61. The molecule has 2 aliphatic rings. The fourth-order valence-electron chi connectivity index (χ4n) is 4.38. The number of fused-ring (bicyclic) bond motifs is 2. The van der Waals surface area contributed by atoms with Gasteiger partial charge >= 0.3 is 0 Å². The maximum absolute atomic E-state index is 13.2.